The van der Waals surface area contributed by atoms with Gasteiger partial charge in [-0.1, -0.05) is 26.0 Å². The average Bonchev–Trinajstić information content (AvgIpc) is 2.45. The number of nitrogens with zero attached hydrogens (tertiary/aromatic N) is 2. The first-order chi connectivity index (χ1) is 10.0. The van der Waals surface area contributed by atoms with E-state index < -0.39 is 0 Å². The largest absolute Gasteiger partial charge is 0.370 e. The van der Waals surface area contributed by atoms with Crippen molar-refractivity contribution in [1.82, 2.24) is 9.97 Å². The Balaban J connectivity index is 2.44. The summed E-state index contributed by atoms with van der Waals surface area (Å²) in [6.45, 7) is 8.78. The van der Waals surface area contributed by atoms with Crippen molar-refractivity contribution in [2.75, 3.05) is 17.2 Å². The Labute approximate surface area is 124 Å². The molecule has 4 nitrogen and oxygen atoms in total. The van der Waals surface area contributed by atoms with Gasteiger partial charge in [0.1, 0.15) is 23.3 Å². The van der Waals surface area contributed by atoms with Crippen LogP contribution in [0.4, 0.5) is 21.7 Å². The van der Waals surface area contributed by atoms with Gasteiger partial charge in [0.05, 0.1) is 5.69 Å². The van der Waals surface area contributed by atoms with E-state index >= 15 is 0 Å². The Bertz CT molecular complexity index is 626. The highest BCUT2D eigenvalue weighted by atomic mass is 19.1. The number of aromatic nitrogens is 2. The lowest BCUT2D eigenvalue weighted by Crippen LogP contribution is -2.10. The van der Waals surface area contributed by atoms with Gasteiger partial charge in [0.25, 0.3) is 0 Å². The second-order valence-corrected chi connectivity index (χ2v) is 5.19. The van der Waals surface area contributed by atoms with Crippen LogP contribution < -0.4 is 10.6 Å². The monoisotopic (exact) mass is 288 g/mol. The van der Waals surface area contributed by atoms with Gasteiger partial charge in [0.2, 0.25) is 0 Å². The van der Waals surface area contributed by atoms with E-state index in [0.29, 0.717) is 11.5 Å². The van der Waals surface area contributed by atoms with Crippen LogP contribution in [0.1, 0.15) is 38.1 Å². The standard InChI is InChI=1S/C16H21FN4/c1-5-18-15-11(4)16(21-14(20-15)10(2)3)19-13-9-7-6-8-12(13)17/h6-10H,5H2,1-4H3,(H2,18,19,20,21). The molecule has 0 atom stereocenters. The molecule has 2 N–H and O–H groups in total. The van der Waals surface area contributed by atoms with Crippen molar-refractivity contribution in [1.29, 1.82) is 0 Å². The fourth-order valence-electron chi connectivity index (χ4n) is 1.94. The molecule has 0 amide bonds. The van der Waals surface area contributed by atoms with E-state index in [-0.39, 0.29) is 11.7 Å². The van der Waals surface area contributed by atoms with E-state index in [2.05, 4.69) is 20.6 Å². The molecule has 5 heteroatoms. The van der Waals surface area contributed by atoms with Gasteiger partial charge in [-0.05, 0) is 26.0 Å². The molecular weight excluding hydrogens is 267 g/mol. The Hall–Kier alpha value is -2.17. The van der Waals surface area contributed by atoms with Crippen molar-refractivity contribution in [2.45, 2.75) is 33.6 Å². The average molecular weight is 288 g/mol. The number of benzene rings is 1. The van der Waals surface area contributed by atoms with Crippen LogP contribution in [0.3, 0.4) is 0 Å². The second-order valence-electron chi connectivity index (χ2n) is 5.19. The number of hydrogen-bond donors (Lipinski definition) is 2. The second kappa shape index (κ2) is 6.52. The first-order valence-electron chi connectivity index (χ1n) is 7.16. The van der Waals surface area contributed by atoms with Crippen molar-refractivity contribution in [3.8, 4) is 0 Å². The molecule has 0 aliphatic rings. The Morgan fingerprint density at radius 1 is 1.14 bits per heavy atom. The third-order valence-corrected chi connectivity index (χ3v) is 3.15. The number of halogens is 1. The summed E-state index contributed by atoms with van der Waals surface area (Å²) in [6, 6.07) is 6.57. The highest BCUT2D eigenvalue weighted by Gasteiger charge is 2.14. The van der Waals surface area contributed by atoms with E-state index in [4.69, 9.17) is 0 Å². The molecule has 0 saturated carbocycles. The Kier molecular flexibility index (Phi) is 4.73. The zero-order valence-electron chi connectivity index (χ0n) is 12.9. The molecule has 112 valence electrons. The van der Waals surface area contributed by atoms with Crippen LogP contribution >= 0.6 is 0 Å². The number of anilines is 3. The van der Waals surface area contributed by atoms with Gasteiger partial charge in [-0.15, -0.1) is 0 Å². The molecule has 1 aromatic heterocycles. The molecule has 0 radical (unpaired) electrons. The quantitative estimate of drug-likeness (QED) is 0.864. The minimum Gasteiger partial charge on any atom is -0.370 e. The zero-order chi connectivity index (χ0) is 15.4. The summed E-state index contributed by atoms with van der Waals surface area (Å²) in [5, 5.41) is 6.30. The van der Waals surface area contributed by atoms with Crippen molar-refractivity contribution >= 4 is 17.3 Å². The van der Waals surface area contributed by atoms with Crippen LogP contribution in [0.25, 0.3) is 0 Å². The molecule has 21 heavy (non-hydrogen) atoms. The van der Waals surface area contributed by atoms with Crippen LogP contribution in [-0.2, 0) is 0 Å². The molecule has 0 bridgehead atoms. The van der Waals surface area contributed by atoms with Gasteiger partial charge in [0, 0.05) is 18.0 Å². The summed E-state index contributed by atoms with van der Waals surface area (Å²) >= 11 is 0. The summed E-state index contributed by atoms with van der Waals surface area (Å²) in [7, 11) is 0. The predicted octanol–water partition coefficient (Wildman–Crippen LogP) is 4.22. The van der Waals surface area contributed by atoms with Gasteiger partial charge >= 0.3 is 0 Å². The normalized spacial score (nSPS) is 10.8. The third-order valence-electron chi connectivity index (χ3n) is 3.15. The first kappa shape index (κ1) is 15.2. The highest BCUT2D eigenvalue weighted by molar-refractivity contribution is 5.65. The molecule has 2 aromatic rings. The number of para-hydroxylation sites is 1. The number of nitrogens with one attached hydrogen (secondary N) is 2. The maximum Gasteiger partial charge on any atom is 0.146 e. The fraction of sp³-hybridized carbons (Fsp3) is 0.375. The van der Waals surface area contributed by atoms with E-state index in [9.17, 15) is 4.39 Å². The summed E-state index contributed by atoms with van der Waals surface area (Å²) in [4.78, 5) is 9.05. The molecule has 2 rings (SSSR count). The third kappa shape index (κ3) is 3.48. The fourth-order valence-corrected chi connectivity index (χ4v) is 1.94. The zero-order valence-corrected chi connectivity index (χ0v) is 12.9. The lowest BCUT2D eigenvalue weighted by molar-refractivity contribution is 0.631. The van der Waals surface area contributed by atoms with Crippen LogP contribution in [-0.4, -0.2) is 16.5 Å². The minimum atomic E-state index is -0.299. The number of rotatable bonds is 5. The van der Waals surface area contributed by atoms with Crippen LogP contribution in [0.15, 0.2) is 24.3 Å². The highest BCUT2D eigenvalue weighted by Crippen LogP contribution is 2.26. The summed E-state index contributed by atoms with van der Waals surface area (Å²) < 4.78 is 13.8. The van der Waals surface area contributed by atoms with Crippen LogP contribution in [0.5, 0.6) is 0 Å². The molecule has 0 aliphatic heterocycles. The lowest BCUT2D eigenvalue weighted by Gasteiger charge is -2.16. The first-order valence-corrected chi connectivity index (χ1v) is 7.16. The van der Waals surface area contributed by atoms with Gasteiger partial charge in [-0.2, -0.15) is 0 Å². The molecule has 0 unspecified atom stereocenters. The number of hydrogen-bond acceptors (Lipinski definition) is 4. The summed E-state index contributed by atoms with van der Waals surface area (Å²) in [5.74, 6) is 2.05. The van der Waals surface area contributed by atoms with E-state index in [1.807, 2.05) is 27.7 Å². The van der Waals surface area contributed by atoms with Crippen molar-refractivity contribution in [3.05, 3.63) is 41.5 Å². The molecular formula is C16H21FN4. The van der Waals surface area contributed by atoms with Crippen molar-refractivity contribution in [2.24, 2.45) is 0 Å². The van der Waals surface area contributed by atoms with Crippen LogP contribution in [0.2, 0.25) is 0 Å². The van der Waals surface area contributed by atoms with E-state index in [1.165, 1.54) is 6.07 Å². The molecule has 1 heterocycles. The maximum atomic E-state index is 13.8. The Morgan fingerprint density at radius 3 is 2.43 bits per heavy atom. The molecule has 0 aliphatic carbocycles. The smallest absolute Gasteiger partial charge is 0.146 e. The molecule has 1 aromatic carbocycles. The van der Waals surface area contributed by atoms with Gasteiger partial charge in [-0.25, -0.2) is 14.4 Å². The predicted molar refractivity (Wildman–Crippen MR) is 84.7 cm³/mol. The molecule has 0 fully saturated rings. The summed E-state index contributed by atoms with van der Waals surface area (Å²) in [5.41, 5.74) is 1.29. The van der Waals surface area contributed by atoms with Gasteiger partial charge < -0.3 is 10.6 Å². The molecule has 0 spiro atoms. The Morgan fingerprint density at radius 2 is 1.81 bits per heavy atom. The van der Waals surface area contributed by atoms with Gasteiger partial charge in [-0.3, -0.25) is 0 Å². The minimum absolute atomic E-state index is 0.198. The topological polar surface area (TPSA) is 49.8 Å². The van der Waals surface area contributed by atoms with E-state index in [1.54, 1.807) is 18.2 Å². The van der Waals surface area contributed by atoms with E-state index in [0.717, 1.165) is 23.8 Å². The lowest BCUT2D eigenvalue weighted by atomic mass is 10.2. The van der Waals surface area contributed by atoms with Crippen molar-refractivity contribution < 1.29 is 4.39 Å². The van der Waals surface area contributed by atoms with Gasteiger partial charge in [0.15, 0.2) is 0 Å². The maximum absolute atomic E-state index is 13.8. The SMILES string of the molecule is CCNc1nc(C(C)C)nc(Nc2ccccc2F)c1C. The van der Waals surface area contributed by atoms with Crippen LogP contribution in [0, 0.1) is 12.7 Å². The van der Waals surface area contributed by atoms with Crippen molar-refractivity contribution in [3.63, 3.8) is 0 Å². The summed E-state index contributed by atoms with van der Waals surface area (Å²) in [6.07, 6.45) is 0. The molecule has 0 saturated heterocycles.